The van der Waals surface area contributed by atoms with Crippen molar-refractivity contribution in [1.29, 1.82) is 0 Å². The Morgan fingerprint density at radius 3 is 1.15 bits per heavy atom. The Hall–Kier alpha value is -6.04. The van der Waals surface area contributed by atoms with Crippen LogP contribution in [0, 0.1) is 0 Å². The highest BCUT2D eigenvalue weighted by Gasteiger charge is 2.17. The highest BCUT2D eigenvalue weighted by atomic mass is 16.7. The van der Waals surface area contributed by atoms with Gasteiger partial charge in [-0.3, -0.25) is 38.4 Å². The zero-order valence-electron chi connectivity index (χ0n) is 39.6. The number of unbranched alkanes of at least 4 members (excludes halogenated alkanes) is 8. The maximum atomic E-state index is 13.1. The van der Waals surface area contributed by atoms with Gasteiger partial charge in [-0.1, -0.05) is 60.7 Å². The number of ether oxygens (including phenoxy) is 1. The van der Waals surface area contributed by atoms with Crippen LogP contribution in [-0.2, 0) is 56.3 Å². The van der Waals surface area contributed by atoms with Gasteiger partial charge in [-0.15, -0.1) is 0 Å². The molecule has 0 radical (unpaired) electrons. The molecular formula is C49H76N8O10. The zero-order valence-corrected chi connectivity index (χ0v) is 39.6. The van der Waals surface area contributed by atoms with E-state index in [1.807, 2.05) is 60.7 Å². The summed E-state index contributed by atoms with van der Waals surface area (Å²) in [5.74, 6) is -1.30. The number of amides is 8. The van der Waals surface area contributed by atoms with Gasteiger partial charge in [0.2, 0.25) is 41.4 Å². The Bertz CT molecular complexity index is 1730. The molecule has 67 heavy (non-hydrogen) atoms. The molecule has 0 saturated carbocycles. The molecule has 0 aromatic heterocycles. The maximum Gasteiger partial charge on any atom is 0.407 e. The van der Waals surface area contributed by atoms with Crippen LogP contribution in [0.1, 0.15) is 134 Å². The summed E-state index contributed by atoms with van der Waals surface area (Å²) in [6.07, 6.45) is 9.11. The minimum atomic E-state index is -0.480. The van der Waals surface area contributed by atoms with Gasteiger partial charge < -0.3 is 42.0 Å². The minimum absolute atomic E-state index is 0.00194. The number of nitrogens with zero attached hydrogens (tertiary/aromatic N) is 1. The van der Waals surface area contributed by atoms with Crippen LogP contribution < -0.4 is 37.2 Å². The fraction of sp³-hybridized carbons (Fsp3) is 0.592. The lowest BCUT2D eigenvalue weighted by Gasteiger charge is -2.22. The third-order valence-electron chi connectivity index (χ3n) is 10.3. The number of hydrogen-bond donors (Lipinski definition) is 7. The highest BCUT2D eigenvalue weighted by Crippen LogP contribution is 2.09. The van der Waals surface area contributed by atoms with Crippen molar-refractivity contribution in [1.82, 2.24) is 42.3 Å². The van der Waals surface area contributed by atoms with Gasteiger partial charge in [0.1, 0.15) is 13.2 Å². The van der Waals surface area contributed by atoms with Crippen molar-refractivity contribution in [3.05, 3.63) is 71.8 Å². The molecule has 0 aliphatic carbocycles. The maximum absolute atomic E-state index is 13.1. The first-order chi connectivity index (χ1) is 32.5. The number of benzene rings is 2. The molecular weight excluding hydrogens is 861 g/mol. The van der Waals surface area contributed by atoms with Gasteiger partial charge in [0.25, 0.3) is 0 Å². The van der Waals surface area contributed by atoms with Crippen LogP contribution in [0.4, 0.5) is 4.79 Å². The molecule has 18 heteroatoms. The van der Waals surface area contributed by atoms with Crippen LogP contribution in [0.15, 0.2) is 60.7 Å². The zero-order chi connectivity index (χ0) is 48.6. The van der Waals surface area contributed by atoms with Crippen LogP contribution in [0.3, 0.4) is 0 Å². The van der Waals surface area contributed by atoms with Crippen molar-refractivity contribution in [2.75, 3.05) is 52.4 Å². The Balaban J connectivity index is 1.44. The van der Waals surface area contributed by atoms with E-state index >= 15 is 0 Å². The van der Waals surface area contributed by atoms with E-state index in [1.165, 1.54) is 12.0 Å². The largest absolute Gasteiger partial charge is 0.445 e. The van der Waals surface area contributed by atoms with Crippen LogP contribution in [0.2, 0.25) is 0 Å². The molecule has 0 saturated heterocycles. The number of carbonyl (C=O) groups is 8. The molecule has 7 N–H and O–H groups in total. The van der Waals surface area contributed by atoms with Crippen molar-refractivity contribution in [3.63, 3.8) is 0 Å². The molecule has 2 aromatic rings. The predicted molar refractivity (Wildman–Crippen MR) is 254 cm³/mol. The van der Waals surface area contributed by atoms with Crippen molar-refractivity contribution < 1.29 is 47.9 Å². The minimum Gasteiger partial charge on any atom is -0.445 e. The molecule has 0 heterocycles. The molecule has 0 aliphatic heterocycles. The summed E-state index contributed by atoms with van der Waals surface area (Å²) >= 11 is 0. The fourth-order valence-electron chi connectivity index (χ4n) is 6.43. The summed E-state index contributed by atoms with van der Waals surface area (Å²) in [5, 5.41) is 20.9. The second-order valence-electron chi connectivity index (χ2n) is 16.2. The first-order valence-electron chi connectivity index (χ1n) is 24.0. The van der Waals surface area contributed by atoms with Crippen LogP contribution in [-0.4, -0.2) is 105 Å². The van der Waals surface area contributed by atoms with E-state index in [0.29, 0.717) is 78.0 Å². The average Bonchev–Trinajstić information content (AvgIpc) is 3.32. The van der Waals surface area contributed by atoms with Gasteiger partial charge in [0, 0.05) is 97.8 Å². The van der Waals surface area contributed by atoms with Crippen molar-refractivity contribution >= 4 is 47.4 Å². The lowest BCUT2D eigenvalue weighted by molar-refractivity contribution is -0.192. The number of alkyl carbamates (subject to hydrolysis) is 1. The molecule has 18 nitrogen and oxygen atoms in total. The van der Waals surface area contributed by atoms with Crippen LogP contribution in [0.5, 0.6) is 0 Å². The molecule has 0 spiro atoms. The Labute approximate surface area is 396 Å². The normalized spacial score (nSPS) is 10.6. The third kappa shape index (κ3) is 33.1. The number of carbonyl (C=O) groups excluding carboxylic acids is 8. The molecule has 8 amide bonds. The highest BCUT2D eigenvalue weighted by molar-refractivity contribution is 5.84. The van der Waals surface area contributed by atoms with Crippen molar-refractivity contribution in [2.45, 2.75) is 136 Å². The summed E-state index contributed by atoms with van der Waals surface area (Å²) < 4.78 is 5.24. The fourth-order valence-corrected chi connectivity index (χ4v) is 6.43. The van der Waals surface area contributed by atoms with Crippen LogP contribution in [0.25, 0.3) is 0 Å². The molecule has 0 unspecified atom stereocenters. The number of rotatable bonds is 38. The standard InChI is InChI=1S/C49H76N8O10/c1-40(58)50-30-12-4-13-31-51-43(59)24-25-44(60)52-32-14-5-15-33-53-45(61)26-27-46(62)54-34-16-6-17-35-55-47(63)28-29-48(64)57(67-39-42-22-10-3-11-23-42)37-19-7-18-36-56-49(65)66-38-41-20-8-2-9-21-41/h2-3,8-11,20-23H,4-7,12-19,24-39H2,1H3,(H,50,58)(H,51,59)(H,52,60)(H,53,61)(H,54,62)(H,55,63)(H,56,65). The van der Waals surface area contributed by atoms with Gasteiger partial charge in [-0.2, -0.15) is 0 Å². The summed E-state index contributed by atoms with van der Waals surface area (Å²) in [4.78, 5) is 103. The smallest absolute Gasteiger partial charge is 0.407 e. The van der Waals surface area contributed by atoms with E-state index in [9.17, 15) is 38.4 Å². The Morgan fingerprint density at radius 1 is 0.403 bits per heavy atom. The molecule has 0 atom stereocenters. The van der Waals surface area contributed by atoms with E-state index in [1.54, 1.807) is 0 Å². The van der Waals surface area contributed by atoms with Crippen molar-refractivity contribution in [3.8, 4) is 0 Å². The lowest BCUT2D eigenvalue weighted by Crippen LogP contribution is -2.33. The van der Waals surface area contributed by atoms with E-state index in [4.69, 9.17) is 9.57 Å². The van der Waals surface area contributed by atoms with Gasteiger partial charge in [0.05, 0.1) is 0 Å². The molecule has 372 valence electrons. The number of hydrogen-bond acceptors (Lipinski definition) is 10. The van der Waals surface area contributed by atoms with Gasteiger partial charge in [-0.25, -0.2) is 9.86 Å². The lowest BCUT2D eigenvalue weighted by atomic mass is 10.2. The number of nitrogens with one attached hydrogen (secondary N) is 7. The van der Waals surface area contributed by atoms with Gasteiger partial charge >= 0.3 is 6.09 Å². The van der Waals surface area contributed by atoms with E-state index in [0.717, 1.165) is 62.5 Å². The first-order valence-corrected chi connectivity index (χ1v) is 24.0. The van der Waals surface area contributed by atoms with E-state index < -0.39 is 6.09 Å². The molecule has 2 rings (SSSR count). The quantitative estimate of drug-likeness (QED) is 0.0364. The number of hydroxylamine groups is 2. The van der Waals surface area contributed by atoms with Crippen LogP contribution >= 0.6 is 0 Å². The van der Waals surface area contributed by atoms with Gasteiger partial charge in [0.15, 0.2) is 0 Å². The molecule has 0 aliphatic rings. The first kappa shape index (κ1) is 57.1. The second kappa shape index (κ2) is 38.1. The Kier molecular flexibility index (Phi) is 32.5. The van der Waals surface area contributed by atoms with E-state index in [2.05, 4.69) is 37.2 Å². The third-order valence-corrected chi connectivity index (χ3v) is 10.3. The SMILES string of the molecule is CC(=O)NCCCCCNC(=O)CCC(=O)NCCCCCNC(=O)CCC(=O)NCCCCCNC(=O)CCC(=O)N(CCCCCNC(=O)OCc1ccccc1)OCc1ccccc1. The van der Waals surface area contributed by atoms with Gasteiger partial charge in [-0.05, 0) is 88.2 Å². The monoisotopic (exact) mass is 937 g/mol. The molecule has 0 fully saturated rings. The molecule has 2 aromatic carbocycles. The van der Waals surface area contributed by atoms with Crippen molar-refractivity contribution in [2.24, 2.45) is 0 Å². The summed E-state index contributed by atoms with van der Waals surface area (Å²) in [5.41, 5.74) is 1.82. The predicted octanol–water partition coefficient (Wildman–Crippen LogP) is 4.61. The Morgan fingerprint density at radius 2 is 0.746 bits per heavy atom. The molecule has 0 bridgehead atoms. The second-order valence-corrected chi connectivity index (χ2v) is 16.2. The summed E-state index contributed by atoms with van der Waals surface area (Å²) in [6.45, 7) is 5.74. The summed E-state index contributed by atoms with van der Waals surface area (Å²) in [6, 6.07) is 19.0. The van der Waals surface area contributed by atoms with E-state index in [-0.39, 0.29) is 93.1 Å². The topological polar surface area (TPSA) is 242 Å². The summed E-state index contributed by atoms with van der Waals surface area (Å²) in [7, 11) is 0. The average molecular weight is 937 g/mol.